The number of benzene rings is 1. The Kier molecular flexibility index (Phi) is 5.08. The summed E-state index contributed by atoms with van der Waals surface area (Å²) in [6, 6.07) is 3.78. The fraction of sp³-hybridized carbons (Fsp3) is 0.412. The van der Waals surface area contributed by atoms with Crippen LogP contribution >= 0.6 is 11.8 Å². The number of alkyl halides is 3. The molecule has 2 aromatic heterocycles. The van der Waals surface area contributed by atoms with Crippen molar-refractivity contribution in [1.29, 1.82) is 0 Å². The van der Waals surface area contributed by atoms with Crippen molar-refractivity contribution in [2.45, 2.75) is 43.4 Å². The molecule has 0 atom stereocenters. The van der Waals surface area contributed by atoms with Gasteiger partial charge in [-0.2, -0.15) is 18.3 Å². The molecular formula is C17H19F3N4S. The summed E-state index contributed by atoms with van der Waals surface area (Å²) in [5.41, 5.74) is 1.52. The number of unbranched alkanes of at least 4 members (excludes halogenated alkanes) is 1. The van der Waals surface area contributed by atoms with Crippen molar-refractivity contribution in [2.24, 2.45) is 7.05 Å². The van der Waals surface area contributed by atoms with Gasteiger partial charge in [0.2, 0.25) is 0 Å². The number of hydrogen-bond acceptors (Lipinski definition) is 3. The number of halogens is 3. The molecule has 0 saturated carbocycles. The van der Waals surface area contributed by atoms with Crippen molar-refractivity contribution in [3.8, 4) is 0 Å². The molecule has 8 heteroatoms. The number of thioether (sulfide) groups is 1. The highest BCUT2D eigenvalue weighted by Gasteiger charge is 2.31. The minimum Gasteiger partial charge on any atom is -0.319 e. The summed E-state index contributed by atoms with van der Waals surface area (Å²) < 4.78 is 42.6. The lowest BCUT2D eigenvalue weighted by Crippen LogP contribution is -2.04. The molecule has 134 valence electrons. The maximum atomic E-state index is 12.9. The summed E-state index contributed by atoms with van der Waals surface area (Å²) in [4.78, 5) is 4.46. The Morgan fingerprint density at radius 1 is 1.24 bits per heavy atom. The van der Waals surface area contributed by atoms with Crippen molar-refractivity contribution < 1.29 is 13.2 Å². The standard InChI is InChI=1S/C17H19F3N4S/c1-3-4-7-24-15-6-5-13(17(18,19)20)8-14(15)22-16(24)25-11-12-9-21-23(2)10-12/h5-6,8-10H,3-4,7,11H2,1-2H3. The predicted molar refractivity (Wildman–Crippen MR) is 92.4 cm³/mol. The molecule has 4 nitrogen and oxygen atoms in total. The summed E-state index contributed by atoms with van der Waals surface area (Å²) in [6.45, 7) is 2.83. The molecule has 0 aliphatic heterocycles. The largest absolute Gasteiger partial charge is 0.416 e. The summed E-state index contributed by atoms with van der Waals surface area (Å²) in [6.07, 6.45) is 1.31. The zero-order valence-corrected chi connectivity index (χ0v) is 14.9. The van der Waals surface area contributed by atoms with Crippen molar-refractivity contribution >= 4 is 22.8 Å². The van der Waals surface area contributed by atoms with Crippen LogP contribution in [0.5, 0.6) is 0 Å². The van der Waals surface area contributed by atoms with Crippen molar-refractivity contribution in [1.82, 2.24) is 19.3 Å². The van der Waals surface area contributed by atoms with Gasteiger partial charge < -0.3 is 4.57 Å². The van der Waals surface area contributed by atoms with Crippen LogP contribution in [0, 0.1) is 0 Å². The summed E-state index contributed by atoms with van der Waals surface area (Å²) in [5.74, 6) is 0.676. The third kappa shape index (κ3) is 4.00. The highest BCUT2D eigenvalue weighted by molar-refractivity contribution is 7.98. The molecule has 0 radical (unpaired) electrons. The topological polar surface area (TPSA) is 35.6 Å². The smallest absolute Gasteiger partial charge is 0.319 e. The van der Waals surface area contributed by atoms with Crippen LogP contribution in [0.4, 0.5) is 13.2 Å². The minimum absolute atomic E-state index is 0.389. The van der Waals surface area contributed by atoms with E-state index < -0.39 is 11.7 Å². The maximum Gasteiger partial charge on any atom is 0.416 e. The van der Waals surface area contributed by atoms with E-state index in [1.54, 1.807) is 10.9 Å². The number of aromatic nitrogens is 4. The van der Waals surface area contributed by atoms with Crippen molar-refractivity contribution in [3.63, 3.8) is 0 Å². The molecule has 0 fully saturated rings. The lowest BCUT2D eigenvalue weighted by atomic mass is 10.2. The van der Waals surface area contributed by atoms with Crippen LogP contribution in [0.3, 0.4) is 0 Å². The average Bonchev–Trinajstić information content (AvgIpc) is 3.12. The molecule has 0 aliphatic rings. The van der Waals surface area contributed by atoms with Gasteiger partial charge in [0.1, 0.15) is 0 Å². The SMILES string of the molecule is CCCCn1c(SCc2cnn(C)c2)nc2cc(C(F)(F)F)ccc21. The Morgan fingerprint density at radius 2 is 2.04 bits per heavy atom. The van der Waals surface area contributed by atoms with E-state index in [0.29, 0.717) is 11.3 Å². The third-order valence-corrected chi connectivity index (χ3v) is 4.95. The minimum atomic E-state index is -4.36. The van der Waals surface area contributed by atoms with Gasteiger partial charge in [0.15, 0.2) is 5.16 Å². The molecule has 0 bridgehead atoms. The Morgan fingerprint density at radius 3 is 2.68 bits per heavy atom. The third-order valence-electron chi connectivity index (χ3n) is 3.90. The Bertz CT molecular complexity index is 867. The predicted octanol–water partition coefficient (Wildman–Crippen LogP) is 4.88. The van der Waals surface area contributed by atoms with E-state index in [2.05, 4.69) is 17.0 Å². The zero-order chi connectivity index (χ0) is 18.0. The van der Waals surface area contributed by atoms with Gasteiger partial charge in [0.05, 0.1) is 22.8 Å². The van der Waals surface area contributed by atoms with E-state index in [-0.39, 0.29) is 0 Å². The van der Waals surface area contributed by atoms with E-state index in [0.717, 1.165) is 47.8 Å². The number of imidazole rings is 1. The highest BCUT2D eigenvalue weighted by atomic mass is 32.2. The Labute approximate surface area is 148 Å². The number of nitrogens with zero attached hydrogens (tertiary/aromatic N) is 4. The summed E-state index contributed by atoms with van der Waals surface area (Å²) >= 11 is 1.52. The molecule has 3 aromatic rings. The Hall–Kier alpha value is -1.96. The van der Waals surface area contributed by atoms with Crippen LogP contribution in [-0.2, 0) is 25.5 Å². The van der Waals surface area contributed by atoms with Gasteiger partial charge in [-0.15, -0.1) is 0 Å². The van der Waals surface area contributed by atoms with E-state index in [4.69, 9.17) is 0 Å². The number of hydrogen-bond donors (Lipinski definition) is 0. The quantitative estimate of drug-likeness (QED) is 0.582. The monoisotopic (exact) mass is 368 g/mol. The molecule has 0 N–H and O–H groups in total. The normalized spacial score (nSPS) is 12.2. The van der Waals surface area contributed by atoms with Crippen LogP contribution in [0.2, 0.25) is 0 Å². The first kappa shape index (κ1) is 17.8. The maximum absolute atomic E-state index is 12.9. The molecule has 2 heterocycles. The van der Waals surface area contributed by atoms with Crippen LogP contribution in [0.25, 0.3) is 11.0 Å². The molecular weight excluding hydrogens is 349 g/mol. The first-order valence-electron chi connectivity index (χ1n) is 8.06. The van der Waals surface area contributed by atoms with E-state index >= 15 is 0 Å². The summed E-state index contributed by atoms with van der Waals surface area (Å²) in [5, 5.41) is 4.88. The molecule has 0 aliphatic carbocycles. The molecule has 0 amide bonds. The summed E-state index contributed by atoms with van der Waals surface area (Å²) in [7, 11) is 1.85. The molecule has 3 rings (SSSR count). The Balaban J connectivity index is 1.93. The molecule has 1 aromatic carbocycles. The van der Waals surface area contributed by atoms with Gasteiger partial charge in [0.25, 0.3) is 0 Å². The first-order chi connectivity index (χ1) is 11.9. The van der Waals surface area contributed by atoms with E-state index in [1.807, 2.05) is 17.8 Å². The first-order valence-corrected chi connectivity index (χ1v) is 9.05. The number of rotatable bonds is 6. The average molecular weight is 368 g/mol. The molecule has 0 spiro atoms. The van der Waals surface area contributed by atoms with Crippen LogP contribution in [-0.4, -0.2) is 19.3 Å². The van der Waals surface area contributed by atoms with Crippen LogP contribution in [0.1, 0.15) is 30.9 Å². The molecule has 0 unspecified atom stereocenters. The molecule has 0 saturated heterocycles. The van der Waals surface area contributed by atoms with Crippen molar-refractivity contribution in [3.05, 3.63) is 41.7 Å². The fourth-order valence-corrected chi connectivity index (χ4v) is 3.57. The van der Waals surface area contributed by atoms with Gasteiger partial charge in [-0.25, -0.2) is 4.98 Å². The number of aryl methyl sites for hydroxylation is 2. The van der Waals surface area contributed by atoms with E-state index in [9.17, 15) is 13.2 Å². The highest BCUT2D eigenvalue weighted by Crippen LogP contribution is 2.33. The molecule has 25 heavy (non-hydrogen) atoms. The van der Waals surface area contributed by atoms with Gasteiger partial charge in [-0.3, -0.25) is 4.68 Å². The lowest BCUT2D eigenvalue weighted by Gasteiger charge is -2.09. The van der Waals surface area contributed by atoms with Gasteiger partial charge >= 0.3 is 6.18 Å². The number of fused-ring (bicyclic) bond motifs is 1. The van der Waals surface area contributed by atoms with Crippen LogP contribution in [0.15, 0.2) is 35.7 Å². The van der Waals surface area contributed by atoms with Gasteiger partial charge in [0, 0.05) is 31.1 Å². The zero-order valence-electron chi connectivity index (χ0n) is 14.0. The van der Waals surface area contributed by atoms with Crippen LogP contribution < -0.4 is 0 Å². The van der Waals surface area contributed by atoms with E-state index in [1.165, 1.54) is 17.8 Å². The second kappa shape index (κ2) is 7.11. The van der Waals surface area contributed by atoms with Gasteiger partial charge in [-0.1, -0.05) is 25.1 Å². The second-order valence-corrected chi connectivity index (χ2v) is 6.85. The van der Waals surface area contributed by atoms with Gasteiger partial charge in [-0.05, 0) is 24.6 Å². The van der Waals surface area contributed by atoms with Crippen molar-refractivity contribution in [2.75, 3.05) is 0 Å². The second-order valence-electron chi connectivity index (χ2n) is 5.91. The fourth-order valence-electron chi connectivity index (χ4n) is 2.62. The lowest BCUT2D eigenvalue weighted by molar-refractivity contribution is -0.137.